The zero-order valence-electron chi connectivity index (χ0n) is 11.5. The Morgan fingerprint density at radius 3 is 2.63 bits per heavy atom. The quantitative estimate of drug-likeness (QED) is 0.793. The van der Waals surface area contributed by atoms with Gasteiger partial charge in [0.15, 0.2) is 0 Å². The van der Waals surface area contributed by atoms with Gasteiger partial charge in [-0.3, -0.25) is 4.79 Å². The molecule has 0 aromatic heterocycles. The number of aryl methyl sites for hydroxylation is 1. The van der Waals surface area contributed by atoms with Crippen LogP contribution in [0, 0.1) is 12.8 Å². The molecule has 1 unspecified atom stereocenters. The summed E-state index contributed by atoms with van der Waals surface area (Å²) in [4.78, 5) is 23.2. The van der Waals surface area contributed by atoms with Crippen LogP contribution in [-0.4, -0.2) is 25.5 Å². The first-order chi connectivity index (χ1) is 8.99. The molecule has 0 aliphatic heterocycles. The predicted molar refractivity (Wildman–Crippen MR) is 74.0 cm³/mol. The zero-order chi connectivity index (χ0) is 14.4. The summed E-state index contributed by atoms with van der Waals surface area (Å²) in [6.07, 6.45) is 0.644. The van der Waals surface area contributed by atoms with E-state index in [1.54, 1.807) is 18.2 Å². The Balaban J connectivity index is 2.80. The van der Waals surface area contributed by atoms with Crippen molar-refractivity contribution in [3.8, 4) is 0 Å². The van der Waals surface area contributed by atoms with E-state index < -0.39 is 5.97 Å². The van der Waals surface area contributed by atoms with E-state index in [-0.39, 0.29) is 11.8 Å². The van der Waals surface area contributed by atoms with Crippen molar-refractivity contribution in [2.24, 2.45) is 11.7 Å². The second-order valence-corrected chi connectivity index (χ2v) is 4.49. The van der Waals surface area contributed by atoms with Gasteiger partial charge in [-0.2, -0.15) is 0 Å². The van der Waals surface area contributed by atoms with Crippen molar-refractivity contribution in [3.05, 3.63) is 29.3 Å². The van der Waals surface area contributed by atoms with Gasteiger partial charge in [-0.25, -0.2) is 4.79 Å². The topological polar surface area (TPSA) is 81.4 Å². The van der Waals surface area contributed by atoms with Gasteiger partial charge in [0.05, 0.1) is 12.7 Å². The number of methoxy groups -OCH3 is 1. The maximum absolute atomic E-state index is 11.9. The van der Waals surface area contributed by atoms with E-state index in [9.17, 15) is 9.59 Å². The number of esters is 1. The van der Waals surface area contributed by atoms with Crippen molar-refractivity contribution in [2.45, 2.75) is 20.3 Å². The Kier molecular flexibility index (Phi) is 5.51. The van der Waals surface area contributed by atoms with Crippen LogP contribution in [0.1, 0.15) is 29.3 Å². The van der Waals surface area contributed by atoms with Gasteiger partial charge < -0.3 is 15.8 Å². The first-order valence-electron chi connectivity index (χ1n) is 6.19. The molecule has 0 radical (unpaired) electrons. The maximum atomic E-state index is 11.9. The first-order valence-corrected chi connectivity index (χ1v) is 6.19. The minimum absolute atomic E-state index is 0.0700. The number of rotatable bonds is 5. The van der Waals surface area contributed by atoms with Gasteiger partial charge in [0.25, 0.3) is 0 Å². The highest BCUT2D eigenvalue weighted by Crippen LogP contribution is 2.18. The summed E-state index contributed by atoms with van der Waals surface area (Å²) >= 11 is 0. The van der Waals surface area contributed by atoms with E-state index >= 15 is 0 Å². The van der Waals surface area contributed by atoms with Crippen molar-refractivity contribution in [3.63, 3.8) is 0 Å². The lowest BCUT2D eigenvalue weighted by Crippen LogP contribution is -2.23. The number of carbonyl (C=O) groups excluding carboxylic acids is 2. The Hall–Kier alpha value is -1.88. The molecule has 0 heterocycles. The molecule has 1 aromatic carbocycles. The fraction of sp³-hybridized carbons (Fsp3) is 0.429. The molecule has 5 nitrogen and oxygen atoms in total. The summed E-state index contributed by atoms with van der Waals surface area (Å²) in [5.74, 6) is -0.596. The summed E-state index contributed by atoms with van der Waals surface area (Å²) < 4.78 is 4.64. The number of ether oxygens (including phenoxy) is 1. The highest BCUT2D eigenvalue weighted by atomic mass is 16.5. The molecule has 0 spiro atoms. The van der Waals surface area contributed by atoms with Crippen LogP contribution in [0.25, 0.3) is 0 Å². The minimum Gasteiger partial charge on any atom is -0.465 e. The molecule has 3 N–H and O–H groups in total. The molecule has 0 bridgehead atoms. The Morgan fingerprint density at radius 2 is 2.11 bits per heavy atom. The summed E-state index contributed by atoms with van der Waals surface area (Å²) in [5.41, 5.74) is 7.41. The zero-order valence-corrected chi connectivity index (χ0v) is 11.5. The second-order valence-electron chi connectivity index (χ2n) is 4.49. The lowest BCUT2D eigenvalue weighted by atomic mass is 10.1. The third kappa shape index (κ3) is 4.06. The van der Waals surface area contributed by atoms with Crippen LogP contribution in [-0.2, 0) is 9.53 Å². The second kappa shape index (κ2) is 6.89. The lowest BCUT2D eigenvalue weighted by molar-refractivity contribution is -0.119. The van der Waals surface area contributed by atoms with E-state index in [0.717, 1.165) is 5.56 Å². The number of nitrogens with one attached hydrogen (secondary N) is 1. The van der Waals surface area contributed by atoms with Crippen molar-refractivity contribution in [2.75, 3.05) is 19.0 Å². The summed E-state index contributed by atoms with van der Waals surface area (Å²) in [5, 5.41) is 2.83. The molecule has 1 aromatic rings. The molecular formula is C14H20N2O3. The molecule has 1 amide bonds. The highest BCUT2D eigenvalue weighted by molar-refractivity contribution is 5.95. The molecule has 0 aliphatic rings. The molecule has 5 heteroatoms. The average molecular weight is 264 g/mol. The fourth-order valence-corrected chi connectivity index (χ4v) is 1.69. The third-order valence-electron chi connectivity index (χ3n) is 2.95. The summed E-state index contributed by atoms with van der Waals surface area (Å²) in [7, 11) is 1.34. The van der Waals surface area contributed by atoms with Gasteiger partial charge in [0, 0.05) is 11.6 Å². The Bertz CT molecular complexity index is 472. The molecule has 1 rings (SSSR count). The number of amides is 1. The van der Waals surface area contributed by atoms with Crippen LogP contribution in [0.2, 0.25) is 0 Å². The molecule has 19 heavy (non-hydrogen) atoms. The number of hydrogen-bond acceptors (Lipinski definition) is 4. The van der Waals surface area contributed by atoms with Crippen LogP contribution in [0.15, 0.2) is 18.2 Å². The van der Waals surface area contributed by atoms with Gasteiger partial charge in [-0.05, 0) is 43.7 Å². The number of nitrogens with two attached hydrogens (primary N) is 1. The maximum Gasteiger partial charge on any atom is 0.337 e. The van der Waals surface area contributed by atoms with E-state index in [4.69, 9.17) is 5.73 Å². The standard InChI is InChI=1S/C14H20N2O3/c1-9(6-7-15)13(17)16-12-5-4-11(8-10(12)2)14(18)19-3/h4-5,8-9H,6-7,15H2,1-3H3,(H,16,17). The number of anilines is 1. The van der Waals surface area contributed by atoms with Crippen LogP contribution < -0.4 is 11.1 Å². The van der Waals surface area contributed by atoms with E-state index in [1.165, 1.54) is 7.11 Å². The first kappa shape index (κ1) is 15.2. The highest BCUT2D eigenvalue weighted by Gasteiger charge is 2.14. The smallest absolute Gasteiger partial charge is 0.337 e. The average Bonchev–Trinajstić information content (AvgIpc) is 2.40. The monoisotopic (exact) mass is 264 g/mol. The molecule has 0 saturated carbocycles. The molecule has 1 atom stereocenters. The predicted octanol–water partition coefficient (Wildman–Crippen LogP) is 1.71. The fourth-order valence-electron chi connectivity index (χ4n) is 1.69. The van der Waals surface area contributed by atoms with Gasteiger partial charge in [-0.15, -0.1) is 0 Å². The van der Waals surface area contributed by atoms with Gasteiger partial charge >= 0.3 is 5.97 Å². The number of carbonyl (C=O) groups is 2. The van der Waals surface area contributed by atoms with Crippen LogP contribution in [0.4, 0.5) is 5.69 Å². The van der Waals surface area contributed by atoms with Crippen molar-refractivity contribution in [1.29, 1.82) is 0 Å². The van der Waals surface area contributed by atoms with Crippen molar-refractivity contribution in [1.82, 2.24) is 0 Å². The van der Waals surface area contributed by atoms with E-state index in [2.05, 4.69) is 10.1 Å². The largest absolute Gasteiger partial charge is 0.465 e. The minimum atomic E-state index is -0.391. The summed E-state index contributed by atoms with van der Waals surface area (Å²) in [6, 6.07) is 5.02. The van der Waals surface area contributed by atoms with Crippen LogP contribution in [0.5, 0.6) is 0 Å². The van der Waals surface area contributed by atoms with E-state index in [0.29, 0.717) is 24.2 Å². The molecular weight excluding hydrogens is 244 g/mol. The van der Waals surface area contributed by atoms with E-state index in [1.807, 2.05) is 13.8 Å². The van der Waals surface area contributed by atoms with Crippen LogP contribution in [0.3, 0.4) is 0 Å². The molecule has 0 fully saturated rings. The number of hydrogen-bond donors (Lipinski definition) is 2. The van der Waals surface area contributed by atoms with Crippen molar-refractivity contribution >= 4 is 17.6 Å². The SMILES string of the molecule is COC(=O)c1ccc(NC(=O)C(C)CCN)c(C)c1. The summed E-state index contributed by atoms with van der Waals surface area (Å²) in [6.45, 7) is 4.14. The normalized spacial score (nSPS) is 11.8. The molecule has 104 valence electrons. The van der Waals surface area contributed by atoms with Gasteiger partial charge in [-0.1, -0.05) is 6.92 Å². The number of benzene rings is 1. The van der Waals surface area contributed by atoms with Gasteiger partial charge in [0.2, 0.25) is 5.91 Å². The van der Waals surface area contributed by atoms with Crippen molar-refractivity contribution < 1.29 is 14.3 Å². The van der Waals surface area contributed by atoms with Crippen LogP contribution >= 0.6 is 0 Å². The molecule has 0 aliphatic carbocycles. The Morgan fingerprint density at radius 1 is 1.42 bits per heavy atom. The molecule has 0 saturated heterocycles. The van der Waals surface area contributed by atoms with Gasteiger partial charge in [0.1, 0.15) is 0 Å². The Labute approximate surface area is 113 Å². The lowest BCUT2D eigenvalue weighted by Gasteiger charge is -2.13. The third-order valence-corrected chi connectivity index (χ3v) is 2.95.